The lowest BCUT2D eigenvalue weighted by atomic mass is 9.94. The molecule has 3 aliphatic heterocycles. The number of carbonyl (C=O) groups excluding carboxylic acids is 2. The number of rotatable bonds is 8. The summed E-state index contributed by atoms with van der Waals surface area (Å²) in [6.45, 7) is 1.63. The molecule has 0 saturated carbocycles. The van der Waals surface area contributed by atoms with Gasteiger partial charge < -0.3 is 24.1 Å². The Morgan fingerprint density at radius 1 is 1.22 bits per heavy atom. The number of ether oxygens (including phenoxy) is 4. The number of nitrogens with zero attached hydrogens (tertiary/aromatic N) is 1. The quantitative estimate of drug-likeness (QED) is 0.441. The highest BCUT2D eigenvalue weighted by Gasteiger charge is 2.39. The number of aliphatic hydroxyl groups excluding tert-OH is 1. The second-order valence-electron chi connectivity index (χ2n) is 9.38. The smallest absolute Gasteiger partial charge is 0.260 e. The van der Waals surface area contributed by atoms with Crippen LogP contribution in [-0.4, -0.2) is 74.1 Å². The Morgan fingerprint density at radius 2 is 2.08 bits per heavy atom. The number of halogens is 1. The molecule has 2 atom stereocenters. The fraction of sp³-hybridized carbons (Fsp3) is 0.481. The zero-order valence-electron chi connectivity index (χ0n) is 20.3. The molecular weight excluding hydrogens is 469 g/mol. The molecule has 0 aromatic heterocycles. The van der Waals surface area contributed by atoms with Crippen LogP contribution in [0.4, 0.5) is 4.39 Å². The summed E-state index contributed by atoms with van der Waals surface area (Å²) >= 11 is 0. The molecule has 192 valence electrons. The molecule has 8 nitrogen and oxygen atoms in total. The van der Waals surface area contributed by atoms with Gasteiger partial charge in [-0.25, -0.2) is 4.39 Å². The molecule has 0 spiro atoms. The van der Waals surface area contributed by atoms with Crippen molar-refractivity contribution in [1.29, 1.82) is 0 Å². The van der Waals surface area contributed by atoms with E-state index >= 15 is 0 Å². The number of carbonyl (C=O) groups is 2. The maximum absolute atomic E-state index is 14.8. The number of Topliss-reactive ketones (excluding diaryl/α,β-unsaturated/α-hetero) is 1. The summed E-state index contributed by atoms with van der Waals surface area (Å²) in [5.74, 6) is 0.163. The molecule has 3 heterocycles. The Bertz CT molecular complexity index is 1170. The van der Waals surface area contributed by atoms with Crippen LogP contribution in [0, 0.1) is 5.82 Å². The summed E-state index contributed by atoms with van der Waals surface area (Å²) in [5, 5.41) is 10.4. The van der Waals surface area contributed by atoms with Crippen LogP contribution in [0.15, 0.2) is 24.3 Å². The largest absolute Gasteiger partial charge is 0.493 e. The first-order valence-corrected chi connectivity index (χ1v) is 12.3. The SMILES string of the molecule is COCCCC(=O)c1ccc(Cc2cc3c(c4c2OCC4)OCN([C@H]2CCOC[C@@H]2O)C3=O)cc1F. The van der Waals surface area contributed by atoms with Crippen molar-refractivity contribution in [3.8, 4) is 11.5 Å². The van der Waals surface area contributed by atoms with Crippen LogP contribution in [0.5, 0.6) is 11.5 Å². The van der Waals surface area contributed by atoms with Crippen LogP contribution in [0.2, 0.25) is 0 Å². The first-order chi connectivity index (χ1) is 17.5. The van der Waals surface area contributed by atoms with E-state index in [4.69, 9.17) is 18.9 Å². The summed E-state index contributed by atoms with van der Waals surface area (Å²) in [6.07, 6.45) is 1.45. The van der Waals surface area contributed by atoms with Gasteiger partial charge in [-0.1, -0.05) is 6.07 Å². The number of hydrogen-bond donors (Lipinski definition) is 1. The molecule has 36 heavy (non-hydrogen) atoms. The summed E-state index contributed by atoms with van der Waals surface area (Å²) in [5.41, 5.74) is 2.75. The van der Waals surface area contributed by atoms with Crippen molar-refractivity contribution in [3.05, 3.63) is 57.9 Å². The molecule has 0 aliphatic carbocycles. The third kappa shape index (κ3) is 4.70. The lowest BCUT2D eigenvalue weighted by Gasteiger charge is -2.40. The average molecular weight is 500 g/mol. The predicted molar refractivity (Wildman–Crippen MR) is 127 cm³/mol. The Balaban J connectivity index is 1.41. The van der Waals surface area contributed by atoms with Gasteiger partial charge in [-0.15, -0.1) is 0 Å². The van der Waals surface area contributed by atoms with Crippen molar-refractivity contribution in [2.75, 3.05) is 40.3 Å². The number of amides is 1. The van der Waals surface area contributed by atoms with Crippen molar-refractivity contribution < 1.29 is 38.0 Å². The van der Waals surface area contributed by atoms with Crippen LogP contribution in [0.3, 0.4) is 0 Å². The molecule has 0 unspecified atom stereocenters. The van der Waals surface area contributed by atoms with Gasteiger partial charge in [-0.05, 0) is 42.2 Å². The van der Waals surface area contributed by atoms with Gasteiger partial charge in [-0.2, -0.15) is 0 Å². The van der Waals surface area contributed by atoms with Gasteiger partial charge >= 0.3 is 0 Å². The van der Waals surface area contributed by atoms with E-state index in [2.05, 4.69) is 0 Å². The van der Waals surface area contributed by atoms with E-state index in [1.807, 2.05) is 0 Å². The fourth-order valence-electron chi connectivity index (χ4n) is 5.18. The minimum atomic E-state index is -0.774. The maximum atomic E-state index is 14.8. The maximum Gasteiger partial charge on any atom is 0.260 e. The minimum absolute atomic E-state index is 0.0600. The van der Waals surface area contributed by atoms with E-state index in [1.165, 1.54) is 12.1 Å². The third-order valence-electron chi connectivity index (χ3n) is 7.01. The number of benzene rings is 2. The Morgan fingerprint density at radius 3 is 2.86 bits per heavy atom. The van der Waals surface area contributed by atoms with Gasteiger partial charge in [0, 0.05) is 45.1 Å². The fourth-order valence-corrected chi connectivity index (χ4v) is 5.18. The monoisotopic (exact) mass is 499 g/mol. The zero-order chi connectivity index (χ0) is 25.2. The lowest BCUT2D eigenvalue weighted by molar-refractivity contribution is -0.0714. The molecule has 1 N–H and O–H groups in total. The standard InChI is InChI=1S/C27H30FNO7/c1-33-8-2-3-23(30)18-5-4-16(12-21(18)28)11-17-13-20-26(19-6-10-35-25(17)19)36-15-29(27(20)32)22-7-9-34-14-24(22)31/h4-5,12-13,22,24,31H,2-3,6-11,14-15H2,1H3/t22-,24-/m0/s1. The lowest BCUT2D eigenvalue weighted by Crippen LogP contribution is -2.54. The summed E-state index contributed by atoms with van der Waals surface area (Å²) < 4.78 is 37.0. The van der Waals surface area contributed by atoms with Gasteiger partial charge in [0.15, 0.2) is 12.5 Å². The molecule has 0 bridgehead atoms. The zero-order valence-corrected chi connectivity index (χ0v) is 20.3. The van der Waals surface area contributed by atoms with Crippen LogP contribution < -0.4 is 9.47 Å². The van der Waals surface area contributed by atoms with Gasteiger partial charge in [0.25, 0.3) is 5.91 Å². The van der Waals surface area contributed by atoms with Crippen LogP contribution in [0.25, 0.3) is 0 Å². The molecule has 9 heteroatoms. The van der Waals surface area contributed by atoms with Crippen LogP contribution in [0.1, 0.15) is 56.7 Å². The Kier molecular flexibility index (Phi) is 7.22. The van der Waals surface area contributed by atoms with Crippen molar-refractivity contribution in [2.45, 2.75) is 44.2 Å². The highest BCUT2D eigenvalue weighted by molar-refractivity contribution is 5.99. The highest BCUT2D eigenvalue weighted by atomic mass is 19.1. The predicted octanol–water partition coefficient (Wildman–Crippen LogP) is 2.90. The highest BCUT2D eigenvalue weighted by Crippen LogP contribution is 2.43. The molecule has 2 aromatic carbocycles. The summed E-state index contributed by atoms with van der Waals surface area (Å²) in [6, 6.07) is 5.99. The van der Waals surface area contributed by atoms with Crippen LogP contribution >= 0.6 is 0 Å². The van der Waals surface area contributed by atoms with E-state index in [9.17, 15) is 19.1 Å². The van der Waals surface area contributed by atoms with E-state index in [1.54, 1.807) is 24.1 Å². The Labute approximate surface area is 208 Å². The number of ketones is 1. The van der Waals surface area contributed by atoms with Crippen LogP contribution in [-0.2, 0) is 22.3 Å². The summed E-state index contributed by atoms with van der Waals surface area (Å²) in [4.78, 5) is 27.4. The number of hydrogen-bond acceptors (Lipinski definition) is 7. The van der Waals surface area contributed by atoms with Crippen molar-refractivity contribution >= 4 is 11.7 Å². The molecule has 0 radical (unpaired) electrons. The van der Waals surface area contributed by atoms with E-state index < -0.39 is 11.9 Å². The molecular formula is C27H30FNO7. The van der Waals surface area contributed by atoms with E-state index in [-0.39, 0.29) is 43.1 Å². The van der Waals surface area contributed by atoms with Crippen molar-refractivity contribution in [3.63, 3.8) is 0 Å². The van der Waals surface area contributed by atoms with Crippen molar-refractivity contribution in [1.82, 2.24) is 4.90 Å². The van der Waals surface area contributed by atoms with Gasteiger partial charge in [0.05, 0.1) is 36.5 Å². The molecule has 1 saturated heterocycles. The number of fused-ring (bicyclic) bond motifs is 3. The molecule has 1 amide bonds. The summed E-state index contributed by atoms with van der Waals surface area (Å²) in [7, 11) is 1.56. The molecule has 3 aliphatic rings. The number of methoxy groups -OCH3 is 1. The average Bonchev–Trinajstić information content (AvgIpc) is 3.36. The van der Waals surface area contributed by atoms with Gasteiger partial charge in [0.2, 0.25) is 0 Å². The van der Waals surface area contributed by atoms with Gasteiger partial charge in [-0.3, -0.25) is 14.5 Å². The molecule has 2 aromatic rings. The topological polar surface area (TPSA) is 94.5 Å². The Hall–Kier alpha value is -3.01. The second-order valence-corrected chi connectivity index (χ2v) is 9.38. The molecule has 5 rings (SSSR count). The second kappa shape index (κ2) is 10.5. The first-order valence-electron chi connectivity index (χ1n) is 12.3. The normalized spacial score (nSPS) is 21.0. The third-order valence-corrected chi connectivity index (χ3v) is 7.01. The van der Waals surface area contributed by atoms with E-state index in [0.29, 0.717) is 68.1 Å². The number of aliphatic hydroxyl groups is 1. The van der Waals surface area contributed by atoms with Crippen molar-refractivity contribution in [2.24, 2.45) is 0 Å². The first kappa shape index (κ1) is 24.7. The molecule has 1 fully saturated rings. The minimum Gasteiger partial charge on any atom is -0.493 e. The van der Waals surface area contributed by atoms with Gasteiger partial charge in [0.1, 0.15) is 17.3 Å². The van der Waals surface area contributed by atoms with E-state index in [0.717, 1.165) is 11.1 Å².